The number of nitrogens with one attached hydrogen (secondary N) is 1. The molecular formula is C19H20N4O3S3. The van der Waals surface area contributed by atoms with Crippen molar-refractivity contribution in [1.82, 2.24) is 14.8 Å². The van der Waals surface area contributed by atoms with Crippen molar-refractivity contribution in [3.05, 3.63) is 34.0 Å². The molecule has 1 N–H and O–H groups in total. The van der Waals surface area contributed by atoms with Gasteiger partial charge in [0.1, 0.15) is 5.00 Å². The number of aromatic nitrogens is 3. The highest BCUT2D eigenvalue weighted by Crippen LogP contribution is 2.46. The fourth-order valence-electron chi connectivity index (χ4n) is 2.93. The number of hydrogen-bond acceptors (Lipinski definition) is 8. The predicted molar refractivity (Wildman–Crippen MR) is 116 cm³/mol. The Bertz CT molecular complexity index is 1020. The Morgan fingerprint density at radius 3 is 2.86 bits per heavy atom. The number of carbonyl (C=O) groups is 2. The zero-order valence-electron chi connectivity index (χ0n) is 16.0. The molecule has 3 heterocycles. The summed E-state index contributed by atoms with van der Waals surface area (Å²) in [4.78, 5) is 26.0. The molecule has 3 aromatic heterocycles. The third-order valence-electron chi connectivity index (χ3n) is 4.48. The number of carbonyl (C=O) groups excluding carboxylic acids is 2. The Hall–Kier alpha value is -2.17. The van der Waals surface area contributed by atoms with E-state index in [4.69, 9.17) is 4.74 Å². The maximum absolute atomic E-state index is 12.5. The van der Waals surface area contributed by atoms with Gasteiger partial charge in [0.25, 0.3) is 0 Å². The molecule has 10 heteroatoms. The largest absolute Gasteiger partial charge is 0.462 e. The van der Waals surface area contributed by atoms with Gasteiger partial charge in [0, 0.05) is 7.05 Å². The second kappa shape index (κ2) is 8.68. The zero-order chi connectivity index (χ0) is 20.4. The monoisotopic (exact) mass is 448 g/mol. The van der Waals surface area contributed by atoms with E-state index in [0.29, 0.717) is 28.2 Å². The van der Waals surface area contributed by atoms with Gasteiger partial charge in [-0.05, 0) is 48.1 Å². The van der Waals surface area contributed by atoms with Crippen molar-refractivity contribution in [3.63, 3.8) is 0 Å². The zero-order valence-corrected chi connectivity index (χ0v) is 18.5. The van der Waals surface area contributed by atoms with Crippen LogP contribution in [0.4, 0.5) is 5.00 Å². The van der Waals surface area contributed by atoms with Gasteiger partial charge in [-0.1, -0.05) is 17.8 Å². The number of ether oxygens (including phenoxy) is 1. The number of amides is 1. The molecule has 0 spiro atoms. The number of anilines is 1. The van der Waals surface area contributed by atoms with Crippen molar-refractivity contribution < 1.29 is 14.3 Å². The second-order valence-electron chi connectivity index (χ2n) is 6.57. The van der Waals surface area contributed by atoms with Crippen LogP contribution >= 0.6 is 34.4 Å². The molecule has 1 aliphatic rings. The first-order valence-electron chi connectivity index (χ1n) is 9.22. The quantitative estimate of drug-likeness (QED) is 0.406. The van der Waals surface area contributed by atoms with Crippen molar-refractivity contribution in [2.75, 3.05) is 17.7 Å². The third-order valence-corrected chi connectivity index (χ3v) is 7.28. The molecule has 4 rings (SSSR count). The number of thiophene rings is 2. The SMILES string of the molecule is CCOC(=O)c1c(C2CC2)csc1NC(=O)CSc1nnc(-c2cccs2)n1C. The van der Waals surface area contributed by atoms with Crippen molar-refractivity contribution in [1.29, 1.82) is 0 Å². The van der Waals surface area contributed by atoms with Gasteiger partial charge in [0.15, 0.2) is 11.0 Å². The summed E-state index contributed by atoms with van der Waals surface area (Å²) in [6, 6.07) is 3.95. The van der Waals surface area contributed by atoms with Crippen LogP contribution in [-0.4, -0.2) is 39.0 Å². The van der Waals surface area contributed by atoms with Crippen molar-refractivity contribution in [2.24, 2.45) is 7.05 Å². The highest BCUT2D eigenvalue weighted by atomic mass is 32.2. The van der Waals surface area contributed by atoms with Gasteiger partial charge in [-0.3, -0.25) is 4.79 Å². The number of rotatable bonds is 8. The lowest BCUT2D eigenvalue weighted by Gasteiger charge is -2.08. The fraction of sp³-hybridized carbons (Fsp3) is 0.368. The summed E-state index contributed by atoms with van der Waals surface area (Å²) in [6.07, 6.45) is 2.15. The molecule has 152 valence electrons. The van der Waals surface area contributed by atoms with Crippen LogP contribution in [-0.2, 0) is 16.6 Å². The lowest BCUT2D eigenvalue weighted by atomic mass is 10.1. The van der Waals surface area contributed by atoms with E-state index < -0.39 is 0 Å². The highest BCUT2D eigenvalue weighted by molar-refractivity contribution is 7.99. The topological polar surface area (TPSA) is 86.1 Å². The van der Waals surface area contributed by atoms with Gasteiger partial charge in [-0.25, -0.2) is 4.79 Å². The van der Waals surface area contributed by atoms with Gasteiger partial charge >= 0.3 is 5.97 Å². The minimum absolute atomic E-state index is 0.176. The van der Waals surface area contributed by atoms with E-state index in [0.717, 1.165) is 29.1 Å². The Labute approximate surface area is 180 Å². The first-order chi connectivity index (χ1) is 14.1. The van der Waals surface area contributed by atoms with E-state index in [1.54, 1.807) is 18.3 Å². The van der Waals surface area contributed by atoms with Crippen LogP contribution in [0.5, 0.6) is 0 Å². The Morgan fingerprint density at radius 1 is 1.34 bits per heavy atom. The molecule has 0 radical (unpaired) electrons. The van der Waals surface area contributed by atoms with Gasteiger partial charge in [0.05, 0.1) is 22.8 Å². The van der Waals surface area contributed by atoms with E-state index >= 15 is 0 Å². The minimum Gasteiger partial charge on any atom is -0.462 e. The average Bonchev–Trinajstić information content (AvgIpc) is 3.09. The van der Waals surface area contributed by atoms with E-state index in [1.165, 1.54) is 23.1 Å². The molecule has 1 saturated carbocycles. The van der Waals surface area contributed by atoms with Gasteiger partial charge < -0.3 is 14.6 Å². The predicted octanol–water partition coefficient (Wildman–Crippen LogP) is 4.39. The molecule has 0 aliphatic heterocycles. The van der Waals surface area contributed by atoms with Crippen LogP contribution in [0.1, 0.15) is 41.6 Å². The Morgan fingerprint density at radius 2 is 2.17 bits per heavy atom. The minimum atomic E-state index is -0.368. The van der Waals surface area contributed by atoms with Crippen LogP contribution in [0.15, 0.2) is 28.0 Å². The molecule has 1 aliphatic carbocycles. The average molecular weight is 449 g/mol. The second-order valence-corrected chi connectivity index (χ2v) is 9.34. The third kappa shape index (κ3) is 4.39. The van der Waals surface area contributed by atoms with E-state index in [1.807, 2.05) is 34.5 Å². The molecule has 0 atom stereocenters. The molecule has 29 heavy (non-hydrogen) atoms. The fourth-order valence-corrected chi connectivity index (χ4v) is 5.43. The first kappa shape index (κ1) is 20.1. The highest BCUT2D eigenvalue weighted by Gasteiger charge is 2.32. The summed E-state index contributed by atoms with van der Waals surface area (Å²) >= 11 is 4.29. The van der Waals surface area contributed by atoms with Gasteiger partial charge in [-0.2, -0.15) is 0 Å². The van der Waals surface area contributed by atoms with Gasteiger partial charge in [0.2, 0.25) is 5.91 Å². The number of hydrogen-bond donors (Lipinski definition) is 1. The lowest BCUT2D eigenvalue weighted by Crippen LogP contribution is -2.17. The van der Waals surface area contributed by atoms with E-state index in [2.05, 4.69) is 15.5 Å². The van der Waals surface area contributed by atoms with Crippen molar-refractivity contribution >= 4 is 51.3 Å². The van der Waals surface area contributed by atoms with Gasteiger partial charge in [-0.15, -0.1) is 32.9 Å². The summed E-state index contributed by atoms with van der Waals surface area (Å²) in [5, 5.41) is 16.5. The maximum Gasteiger partial charge on any atom is 0.341 e. The Balaban J connectivity index is 1.42. The van der Waals surface area contributed by atoms with E-state index in [-0.39, 0.29) is 17.6 Å². The summed E-state index contributed by atoms with van der Waals surface area (Å²) < 4.78 is 7.08. The van der Waals surface area contributed by atoms with Crippen LogP contribution in [0, 0.1) is 0 Å². The number of esters is 1. The van der Waals surface area contributed by atoms with Crippen LogP contribution in [0.25, 0.3) is 10.7 Å². The molecule has 7 nitrogen and oxygen atoms in total. The summed E-state index contributed by atoms with van der Waals surface area (Å²) in [5.41, 5.74) is 1.50. The number of thioether (sulfide) groups is 1. The van der Waals surface area contributed by atoms with E-state index in [9.17, 15) is 9.59 Å². The molecule has 1 amide bonds. The molecule has 0 unspecified atom stereocenters. The molecule has 0 aromatic carbocycles. The molecule has 0 saturated heterocycles. The maximum atomic E-state index is 12.5. The number of nitrogens with zero attached hydrogens (tertiary/aromatic N) is 3. The lowest BCUT2D eigenvalue weighted by molar-refractivity contribution is -0.113. The molecule has 3 aromatic rings. The summed E-state index contributed by atoms with van der Waals surface area (Å²) in [6.45, 7) is 2.09. The smallest absolute Gasteiger partial charge is 0.341 e. The van der Waals surface area contributed by atoms with Crippen molar-refractivity contribution in [2.45, 2.75) is 30.8 Å². The van der Waals surface area contributed by atoms with Crippen molar-refractivity contribution in [3.8, 4) is 10.7 Å². The molecule has 1 fully saturated rings. The summed E-state index contributed by atoms with van der Waals surface area (Å²) in [5.74, 6) is 0.799. The first-order valence-corrected chi connectivity index (χ1v) is 12.0. The summed E-state index contributed by atoms with van der Waals surface area (Å²) in [7, 11) is 1.88. The standard InChI is InChI=1S/C19H20N4O3S3/c1-3-26-18(25)15-12(11-6-7-11)9-28-17(15)20-14(24)10-29-19-22-21-16(23(19)2)13-5-4-8-27-13/h4-5,8-9,11H,3,6-7,10H2,1-2H3,(H,20,24). The normalized spacial score (nSPS) is 13.4. The molecular weight excluding hydrogens is 428 g/mol. The van der Waals surface area contributed by atoms with Crippen LogP contribution in [0.3, 0.4) is 0 Å². The molecule has 0 bridgehead atoms. The van der Waals surface area contributed by atoms with Crippen LogP contribution in [0.2, 0.25) is 0 Å². The van der Waals surface area contributed by atoms with Crippen LogP contribution < -0.4 is 5.32 Å². The Kier molecular flexibility index (Phi) is 6.02.